The summed E-state index contributed by atoms with van der Waals surface area (Å²) < 4.78 is 1.94. The smallest absolute Gasteiger partial charge is 0.242 e. The third-order valence-electron chi connectivity index (χ3n) is 4.24. The number of rotatable bonds is 4. The van der Waals surface area contributed by atoms with Crippen LogP contribution in [0.25, 0.3) is 0 Å². The molecule has 3 heterocycles. The highest BCUT2D eigenvalue weighted by atomic mass is 16.2. The maximum atomic E-state index is 12.4. The summed E-state index contributed by atoms with van der Waals surface area (Å²) in [7, 11) is 0. The van der Waals surface area contributed by atoms with E-state index in [0.717, 1.165) is 31.8 Å². The molecule has 6 nitrogen and oxygen atoms in total. The van der Waals surface area contributed by atoms with Crippen molar-refractivity contribution >= 4 is 5.91 Å². The highest BCUT2D eigenvalue weighted by Crippen LogP contribution is 2.27. The monoisotopic (exact) mass is 287 g/mol. The number of aromatic amines is 1. The van der Waals surface area contributed by atoms with Crippen LogP contribution in [-0.4, -0.2) is 43.6 Å². The molecule has 6 heteroatoms. The van der Waals surface area contributed by atoms with Crippen LogP contribution in [0.1, 0.15) is 36.3 Å². The van der Waals surface area contributed by atoms with Crippen molar-refractivity contribution < 1.29 is 4.79 Å². The van der Waals surface area contributed by atoms with Crippen LogP contribution in [0.15, 0.2) is 18.6 Å². The number of carbonyl (C=O) groups excluding carboxylic acids is 1. The largest absolute Gasteiger partial charge is 0.340 e. The molecule has 0 bridgehead atoms. The minimum atomic E-state index is 0.169. The van der Waals surface area contributed by atoms with E-state index in [1.807, 2.05) is 21.9 Å². The van der Waals surface area contributed by atoms with Crippen LogP contribution >= 0.6 is 0 Å². The van der Waals surface area contributed by atoms with E-state index in [0.29, 0.717) is 12.5 Å². The lowest BCUT2D eigenvalue weighted by Gasteiger charge is -2.17. The Hall–Kier alpha value is -2.11. The predicted octanol–water partition coefficient (Wildman–Crippen LogP) is 1.49. The molecule has 1 unspecified atom stereocenters. The molecule has 1 aliphatic rings. The summed E-state index contributed by atoms with van der Waals surface area (Å²) in [5.74, 6) is 1.51. The summed E-state index contributed by atoms with van der Waals surface area (Å²) >= 11 is 0. The van der Waals surface area contributed by atoms with Gasteiger partial charge in [0.1, 0.15) is 12.4 Å². The van der Waals surface area contributed by atoms with Crippen molar-refractivity contribution in [1.29, 1.82) is 0 Å². The number of nitrogens with one attached hydrogen (secondary N) is 1. The van der Waals surface area contributed by atoms with E-state index in [-0.39, 0.29) is 5.91 Å². The molecule has 112 valence electrons. The molecule has 1 atom stereocenters. The predicted molar refractivity (Wildman–Crippen MR) is 78.9 cm³/mol. The summed E-state index contributed by atoms with van der Waals surface area (Å²) in [6.45, 7) is 6.09. The van der Waals surface area contributed by atoms with Crippen LogP contribution in [0.4, 0.5) is 0 Å². The van der Waals surface area contributed by atoms with E-state index in [4.69, 9.17) is 0 Å². The first-order valence-electron chi connectivity index (χ1n) is 7.46. The van der Waals surface area contributed by atoms with Crippen LogP contribution in [0, 0.1) is 6.92 Å². The molecule has 1 amide bonds. The Morgan fingerprint density at radius 2 is 2.38 bits per heavy atom. The van der Waals surface area contributed by atoms with Gasteiger partial charge >= 0.3 is 0 Å². The van der Waals surface area contributed by atoms with Gasteiger partial charge in [0.15, 0.2) is 0 Å². The van der Waals surface area contributed by atoms with E-state index in [1.54, 1.807) is 6.20 Å². The van der Waals surface area contributed by atoms with Crippen molar-refractivity contribution in [2.24, 2.45) is 0 Å². The minimum Gasteiger partial charge on any atom is -0.340 e. The molecule has 0 aliphatic carbocycles. The zero-order valence-electron chi connectivity index (χ0n) is 12.5. The maximum absolute atomic E-state index is 12.4. The highest BCUT2D eigenvalue weighted by molar-refractivity contribution is 5.76. The van der Waals surface area contributed by atoms with Gasteiger partial charge in [-0.1, -0.05) is 6.92 Å². The molecule has 0 aromatic carbocycles. The summed E-state index contributed by atoms with van der Waals surface area (Å²) in [5, 5.41) is 7.15. The van der Waals surface area contributed by atoms with Gasteiger partial charge in [0.05, 0.1) is 6.20 Å². The molecule has 2 aromatic heterocycles. The molecular formula is C15H21N5O. The molecular weight excluding hydrogens is 266 g/mol. The number of aromatic nitrogens is 4. The second-order valence-electron chi connectivity index (χ2n) is 5.62. The van der Waals surface area contributed by atoms with Crippen molar-refractivity contribution in [3.05, 3.63) is 35.7 Å². The second-order valence-corrected chi connectivity index (χ2v) is 5.62. The van der Waals surface area contributed by atoms with Gasteiger partial charge < -0.3 is 9.47 Å². The van der Waals surface area contributed by atoms with Gasteiger partial charge in [0.25, 0.3) is 0 Å². The van der Waals surface area contributed by atoms with Gasteiger partial charge in [-0.2, -0.15) is 5.10 Å². The van der Waals surface area contributed by atoms with Gasteiger partial charge in [-0.25, -0.2) is 4.98 Å². The molecule has 1 fully saturated rings. The first-order valence-corrected chi connectivity index (χ1v) is 7.46. The summed E-state index contributed by atoms with van der Waals surface area (Å²) in [4.78, 5) is 18.6. The number of amides is 1. The average molecular weight is 287 g/mol. The molecule has 3 rings (SSSR count). The number of carbonyl (C=O) groups is 1. The number of hydrogen-bond acceptors (Lipinski definition) is 3. The van der Waals surface area contributed by atoms with Gasteiger partial charge in [-0.15, -0.1) is 0 Å². The Kier molecular flexibility index (Phi) is 3.77. The van der Waals surface area contributed by atoms with Crippen LogP contribution in [0.2, 0.25) is 0 Å². The SMILES string of the molecule is CCc1nccn1CC(=O)N1CCC(c2[nH]ncc2C)C1. The Bertz CT molecular complexity index is 630. The molecule has 21 heavy (non-hydrogen) atoms. The molecule has 1 N–H and O–H groups in total. The molecule has 1 saturated heterocycles. The van der Waals surface area contributed by atoms with E-state index >= 15 is 0 Å². The van der Waals surface area contributed by atoms with Crippen LogP contribution < -0.4 is 0 Å². The fourth-order valence-corrected chi connectivity index (χ4v) is 3.04. The highest BCUT2D eigenvalue weighted by Gasteiger charge is 2.29. The maximum Gasteiger partial charge on any atom is 0.242 e. The van der Waals surface area contributed by atoms with Gasteiger partial charge in [-0.3, -0.25) is 9.89 Å². The molecule has 0 radical (unpaired) electrons. The molecule has 2 aromatic rings. The summed E-state index contributed by atoms with van der Waals surface area (Å²) in [5.41, 5.74) is 2.35. The summed E-state index contributed by atoms with van der Waals surface area (Å²) in [6, 6.07) is 0. The molecule has 0 saturated carbocycles. The fourth-order valence-electron chi connectivity index (χ4n) is 3.04. The fraction of sp³-hybridized carbons (Fsp3) is 0.533. The van der Waals surface area contributed by atoms with Crippen molar-refractivity contribution in [2.75, 3.05) is 13.1 Å². The van der Waals surface area contributed by atoms with Crippen LogP contribution in [-0.2, 0) is 17.8 Å². The van der Waals surface area contributed by atoms with Gasteiger partial charge in [-0.05, 0) is 18.9 Å². The van der Waals surface area contributed by atoms with E-state index in [9.17, 15) is 4.79 Å². The first-order chi connectivity index (χ1) is 10.2. The van der Waals surface area contributed by atoms with E-state index in [2.05, 4.69) is 29.0 Å². The Balaban J connectivity index is 1.63. The van der Waals surface area contributed by atoms with Crippen molar-refractivity contribution in [3.63, 3.8) is 0 Å². The normalized spacial score (nSPS) is 18.4. The third kappa shape index (κ3) is 2.70. The van der Waals surface area contributed by atoms with Crippen molar-refractivity contribution in [2.45, 2.75) is 39.2 Å². The van der Waals surface area contributed by atoms with Crippen molar-refractivity contribution in [1.82, 2.24) is 24.6 Å². The minimum absolute atomic E-state index is 0.169. The standard InChI is InChI=1S/C15H21N5O/c1-3-13-16-5-7-19(13)10-14(21)20-6-4-12(9-20)15-11(2)8-17-18-15/h5,7-8,12H,3-4,6,9-10H2,1-2H3,(H,17,18). The quantitative estimate of drug-likeness (QED) is 0.926. The first kappa shape index (κ1) is 13.9. The topological polar surface area (TPSA) is 66.8 Å². The molecule has 1 aliphatic heterocycles. The molecule has 0 spiro atoms. The Labute approximate surface area is 124 Å². The lowest BCUT2D eigenvalue weighted by molar-refractivity contribution is -0.130. The lowest BCUT2D eigenvalue weighted by Crippen LogP contribution is -2.32. The number of likely N-dealkylation sites (tertiary alicyclic amines) is 1. The third-order valence-corrected chi connectivity index (χ3v) is 4.24. The zero-order chi connectivity index (χ0) is 14.8. The van der Waals surface area contributed by atoms with Crippen molar-refractivity contribution in [3.8, 4) is 0 Å². The number of aryl methyl sites for hydroxylation is 2. The second kappa shape index (κ2) is 5.71. The average Bonchev–Trinajstić information content (AvgIpc) is 3.17. The van der Waals surface area contributed by atoms with Crippen LogP contribution in [0.3, 0.4) is 0 Å². The summed E-state index contributed by atoms with van der Waals surface area (Å²) in [6.07, 6.45) is 7.32. The van der Waals surface area contributed by atoms with Crippen LogP contribution in [0.5, 0.6) is 0 Å². The number of H-pyrrole nitrogens is 1. The van der Waals surface area contributed by atoms with E-state index in [1.165, 1.54) is 11.3 Å². The number of hydrogen-bond donors (Lipinski definition) is 1. The lowest BCUT2D eigenvalue weighted by atomic mass is 10.0. The van der Waals surface area contributed by atoms with E-state index < -0.39 is 0 Å². The Morgan fingerprint density at radius 3 is 3.10 bits per heavy atom. The van der Waals surface area contributed by atoms with Gasteiger partial charge in [0.2, 0.25) is 5.91 Å². The van der Waals surface area contributed by atoms with Gasteiger partial charge in [0, 0.05) is 43.5 Å². The Morgan fingerprint density at radius 1 is 1.52 bits per heavy atom. The zero-order valence-corrected chi connectivity index (χ0v) is 12.5. The number of nitrogens with zero attached hydrogens (tertiary/aromatic N) is 4. The number of imidazole rings is 1.